The summed E-state index contributed by atoms with van der Waals surface area (Å²) in [6.07, 6.45) is 8.01. The Morgan fingerprint density at radius 2 is 2.33 bits per heavy atom. The largest absolute Gasteiger partial charge is 0.320 e. The van der Waals surface area contributed by atoms with Gasteiger partial charge in [0.25, 0.3) is 0 Å². The summed E-state index contributed by atoms with van der Waals surface area (Å²) in [6, 6.07) is 2.21. The van der Waals surface area contributed by atoms with Crippen molar-refractivity contribution in [1.82, 2.24) is 15.2 Å². The summed E-state index contributed by atoms with van der Waals surface area (Å²) in [6.45, 7) is 2.98. The van der Waals surface area contributed by atoms with E-state index in [1.165, 1.54) is 31.9 Å². The molecular weight excluding hydrogens is 229 g/mol. The van der Waals surface area contributed by atoms with E-state index >= 15 is 0 Å². The van der Waals surface area contributed by atoms with Gasteiger partial charge in [-0.15, -0.1) is 0 Å². The van der Waals surface area contributed by atoms with Gasteiger partial charge < -0.3 is 5.32 Å². The third kappa shape index (κ3) is 3.75. The molecule has 1 aliphatic heterocycles. The van der Waals surface area contributed by atoms with Gasteiger partial charge in [0.15, 0.2) is 0 Å². The first-order chi connectivity index (χ1) is 8.79. The molecule has 3 nitrogen and oxygen atoms in total. The zero-order valence-corrected chi connectivity index (χ0v) is 11.0. The van der Waals surface area contributed by atoms with Gasteiger partial charge in [-0.3, -0.25) is 9.88 Å². The van der Waals surface area contributed by atoms with E-state index in [-0.39, 0.29) is 5.82 Å². The fraction of sp³-hybridized carbons (Fsp3) is 0.643. The van der Waals surface area contributed by atoms with Crippen molar-refractivity contribution in [1.29, 1.82) is 0 Å². The number of nitrogens with zero attached hydrogens (tertiary/aromatic N) is 2. The fourth-order valence-electron chi connectivity index (χ4n) is 2.68. The van der Waals surface area contributed by atoms with Gasteiger partial charge in [0, 0.05) is 18.8 Å². The van der Waals surface area contributed by atoms with E-state index in [4.69, 9.17) is 0 Å². The predicted molar refractivity (Wildman–Crippen MR) is 70.8 cm³/mol. The van der Waals surface area contributed by atoms with Gasteiger partial charge in [-0.1, -0.05) is 6.42 Å². The Hall–Kier alpha value is -1.00. The van der Waals surface area contributed by atoms with Crippen LogP contribution >= 0.6 is 0 Å². The summed E-state index contributed by atoms with van der Waals surface area (Å²) in [5.74, 6) is -0.240. The van der Waals surface area contributed by atoms with Crippen LogP contribution in [0.1, 0.15) is 31.2 Å². The molecule has 1 saturated heterocycles. The lowest BCUT2D eigenvalue weighted by Gasteiger charge is -2.35. The monoisotopic (exact) mass is 251 g/mol. The maximum Gasteiger partial charge on any atom is 0.141 e. The maximum atomic E-state index is 13.1. The minimum Gasteiger partial charge on any atom is -0.320 e. The number of nitrogens with one attached hydrogen (secondary N) is 1. The molecule has 1 aromatic heterocycles. The smallest absolute Gasteiger partial charge is 0.141 e. The highest BCUT2D eigenvalue weighted by Crippen LogP contribution is 2.21. The van der Waals surface area contributed by atoms with Gasteiger partial charge in [0.1, 0.15) is 5.82 Å². The average Bonchev–Trinajstić information content (AvgIpc) is 2.38. The lowest BCUT2D eigenvalue weighted by molar-refractivity contribution is 0.132. The number of piperidine rings is 1. The molecule has 2 heterocycles. The average molecular weight is 251 g/mol. The number of halogens is 1. The van der Waals surface area contributed by atoms with Gasteiger partial charge >= 0.3 is 0 Å². The van der Waals surface area contributed by atoms with Crippen molar-refractivity contribution in [2.45, 2.75) is 38.3 Å². The molecule has 100 valence electrons. The minimum atomic E-state index is -0.240. The zero-order valence-electron chi connectivity index (χ0n) is 11.0. The Morgan fingerprint density at radius 1 is 1.44 bits per heavy atom. The van der Waals surface area contributed by atoms with E-state index in [0.29, 0.717) is 6.04 Å². The summed E-state index contributed by atoms with van der Waals surface area (Å²) in [5, 5.41) is 3.21. The zero-order chi connectivity index (χ0) is 12.8. The highest BCUT2D eigenvalue weighted by Gasteiger charge is 2.21. The number of likely N-dealkylation sites (tertiary alicyclic amines) is 1. The van der Waals surface area contributed by atoms with Gasteiger partial charge in [-0.25, -0.2) is 4.39 Å². The Labute approximate surface area is 108 Å². The van der Waals surface area contributed by atoms with Crippen molar-refractivity contribution in [2.24, 2.45) is 0 Å². The first-order valence-corrected chi connectivity index (χ1v) is 6.77. The molecule has 1 atom stereocenters. The Bertz CT molecular complexity index is 370. The molecule has 0 amide bonds. The lowest BCUT2D eigenvalue weighted by atomic mass is 9.98. The van der Waals surface area contributed by atoms with E-state index in [1.807, 2.05) is 7.05 Å². The number of pyridine rings is 1. The summed E-state index contributed by atoms with van der Waals surface area (Å²) in [4.78, 5) is 6.39. The molecule has 1 fully saturated rings. The van der Waals surface area contributed by atoms with Gasteiger partial charge in [0.2, 0.25) is 0 Å². The summed E-state index contributed by atoms with van der Waals surface area (Å²) >= 11 is 0. The van der Waals surface area contributed by atoms with Crippen molar-refractivity contribution in [2.75, 3.05) is 20.1 Å². The molecular formula is C14H22FN3. The first-order valence-electron chi connectivity index (χ1n) is 6.77. The molecule has 1 aliphatic rings. The predicted octanol–water partition coefficient (Wildman–Crippen LogP) is 2.18. The van der Waals surface area contributed by atoms with Crippen LogP contribution in [-0.2, 0) is 6.54 Å². The van der Waals surface area contributed by atoms with E-state index in [2.05, 4.69) is 15.2 Å². The molecule has 0 bridgehead atoms. The summed E-state index contributed by atoms with van der Waals surface area (Å²) < 4.78 is 13.1. The molecule has 1 aromatic rings. The molecule has 2 rings (SSSR count). The first kappa shape index (κ1) is 13.4. The number of aromatic nitrogens is 1. The second kappa shape index (κ2) is 6.81. The lowest BCUT2D eigenvalue weighted by Crippen LogP contribution is -2.40. The van der Waals surface area contributed by atoms with E-state index < -0.39 is 0 Å². The van der Waals surface area contributed by atoms with Crippen LogP contribution in [0.3, 0.4) is 0 Å². The number of hydrogen-bond donors (Lipinski definition) is 1. The van der Waals surface area contributed by atoms with Gasteiger partial charge in [-0.2, -0.15) is 0 Å². The van der Waals surface area contributed by atoms with Crippen LogP contribution < -0.4 is 5.32 Å². The molecule has 1 unspecified atom stereocenters. The molecule has 0 aromatic carbocycles. The highest BCUT2D eigenvalue weighted by atomic mass is 19.1. The fourth-order valence-corrected chi connectivity index (χ4v) is 2.68. The van der Waals surface area contributed by atoms with Gasteiger partial charge in [-0.05, 0) is 51.0 Å². The molecule has 4 heteroatoms. The van der Waals surface area contributed by atoms with Crippen molar-refractivity contribution in [3.8, 4) is 0 Å². The van der Waals surface area contributed by atoms with Crippen LogP contribution in [0, 0.1) is 5.82 Å². The maximum absolute atomic E-state index is 13.1. The van der Waals surface area contributed by atoms with E-state index in [0.717, 1.165) is 25.2 Å². The van der Waals surface area contributed by atoms with Crippen LogP contribution in [0.4, 0.5) is 4.39 Å². The van der Waals surface area contributed by atoms with Crippen LogP contribution in [0.25, 0.3) is 0 Å². The SMILES string of the molecule is CNCCC1CCCCN1Cc1cncc(F)c1. The van der Waals surface area contributed by atoms with E-state index in [9.17, 15) is 4.39 Å². The van der Waals surface area contributed by atoms with Crippen LogP contribution in [-0.4, -0.2) is 36.1 Å². The normalized spacial score (nSPS) is 21.1. The van der Waals surface area contributed by atoms with Crippen LogP contribution in [0.15, 0.2) is 18.5 Å². The molecule has 18 heavy (non-hydrogen) atoms. The third-order valence-electron chi connectivity index (χ3n) is 3.62. The van der Waals surface area contributed by atoms with Crippen LogP contribution in [0.5, 0.6) is 0 Å². The topological polar surface area (TPSA) is 28.2 Å². The quantitative estimate of drug-likeness (QED) is 0.869. The summed E-state index contributed by atoms with van der Waals surface area (Å²) in [7, 11) is 1.99. The third-order valence-corrected chi connectivity index (χ3v) is 3.62. The molecule has 1 N–H and O–H groups in total. The van der Waals surface area contributed by atoms with Crippen molar-refractivity contribution >= 4 is 0 Å². The van der Waals surface area contributed by atoms with Crippen molar-refractivity contribution in [3.63, 3.8) is 0 Å². The number of rotatable bonds is 5. The van der Waals surface area contributed by atoms with Gasteiger partial charge in [0.05, 0.1) is 6.20 Å². The van der Waals surface area contributed by atoms with Crippen molar-refractivity contribution in [3.05, 3.63) is 29.8 Å². The Balaban J connectivity index is 1.96. The minimum absolute atomic E-state index is 0.240. The Kier molecular flexibility index (Phi) is 5.08. The standard InChI is InChI=1S/C14H22FN3/c1-16-6-5-14-4-2-3-7-18(14)11-12-8-13(15)10-17-9-12/h8-10,14,16H,2-7,11H2,1H3. The highest BCUT2D eigenvalue weighted by molar-refractivity contribution is 5.10. The van der Waals surface area contributed by atoms with Crippen molar-refractivity contribution < 1.29 is 4.39 Å². The second-order valence-corrected chi connectivity index (χ2v) is 5.02. The number of hydrogen-bond acceptors (Lipinski definition) is 3. The summed E-state index contributed by atoms with van der Waals surface area (Å²) in [5.41, 5.74) is 0.978. The Morgan fingerprint density at radius 3 is 3.11 bits per heavy atom. The molecule has 0 spiro atoms. The second-order valence-electron chi connectivity index (χ2n) is 5.02. The van der Waals surface area contributed by atoms with E-state index in [1.54, 1.807) is 12.3 Å². The molecule has 0 saturated carbocycles. The molecule has 0 radical (unpaired) electrons. The molecule has 0 aliphatic carbocycles. The van der Waals surface area contributed by atoms with Crippen LogP contribution in [0.2, 0.25) is 0 Å².